The quantitative estimate of drug-likeness (QED) is 0.894. The first-order chi connectivity index (χ1) is 12.0. The summed E-state index contributed by atoms with van der Waals surface area (Å²) in [5, 5.41) is 12.2. The molecule has 2 atom stereocenters. The number of carbonyl (C=O) groups is 2. The van der Waals surface area contributed by atoms with Crippen molar-refractivity contribution in [2.75, 3.05) is 0 Å². The third-order valence-corrected chi connectivity index (χ3v) is 4.82. The number of amides is 1. The van der Waals surface area contributed by atoms with Crippen molar-refractivity contribution in [1.29, 1.82) is 0 Å². The predicted molar refractivity (Wildman–Crippen MR) is 91.9 cm³/mol. The zero-order valence-electron chi connectivity index (χ0n) is 14.0. The minimum Gasteiger partial charge on any atom is -0.478 e. The van der Waals surface area contributed by atoms with Crippen molar-refractivity contribution in [2.45, 2.75) is 32.2 Å². The van der Waals surface area contributed by atoms with Crippen LogP contribution in [-0.2, 0) is 17.6 Å². The van der Waals surface area contributed by atoms with Crippen LogP contribution in [0.25, 0.3) is 0 Å². The van der Waals surface area contributed by atoms with Gasteiger partial charge in [-0.25, -0.2) is 9.18 Å². The highest BCUT2D eigenvalue weighted by molar-refractivity contribution is 5.91. The zero-order valence-corrected chi connectivity index (χ0v) is 14.0. The number of carbonyl (C=O) groups excluding carboxylic acids is 1. The molecule has 2 aromatic carbocycles. The Morgan fingerprint density at radius 1 is 1.20 bits per heavy atom. The van der Waals surface area contributed by atoms with Crippen molar-refractivity contribution >= 4 is 11.9 Å². The molecule has 1 aliphatic rings. The summed E-state index contributed by atoms with van der Waals surface area (Å²) >= 11 is 0. The van der Waals surface area contributed by atoms with Gasteiger partial charge in [-0.3, -0.25) is 4.79 Å². The lowest BCUT2D eigenvalue weighted by Gasteiger charge is -2.32. The number of hydrogen-bond acceptors (Lipinski definition) is 2. The molecule has 0 spiro atoms. The van der Waals surface area contributed by atoms with Crippen LogP contribution < -0.4 is 5.32 Å². The zero-order chi connectivity index (χ0) is 18.0. The molecule has 0 aliphatic heterocycles. The molecule has 3 rings (SSSR count). The van der Waals surface area contributed by atoms with Crippen molar-refractivity contribution < 1.29 is 19.1 Å². The van der Waals surface area contributed by atoms with Gasteiger partial charge in [0.25, 0.3) is 0 Å². The number of aromatic carboxylic acids is 1. The summed E-state index contributed by atoms with van der Waals surface area (Å²) in [5.41, 5.74) is 2.08. The number of fused-ring (bicyclic) bond motifs is 1. The van der Waals surface area contributed by atoms with Crippen molar-refractivity contribution in [3.63, 3.8) is 0 Å². The SMILES string of the molecule is CC1CCc2c(F)cccc2C1NC(=O)Cc1ccccc1C(=O)O. The Labute approximate surface area is 145 Å². The van der Waals surface area contributed by atoms with Crippen LogP contribution in [0.1, 0.15) is 46.4 Å². The number of rotatable bonds is 4. The highest BCUT2D eigenvalue weighted by Crippen LogP contribution is 2.35. The molecule has 0 saturated heterocycles. The Morgan fingerprint density at radius 3 is 2.72 bits per heavy atom. The Hall–Kier alpha value is -2.69. The molecular formula is C20H20FNO3. The second-order valence-corrected chi connectivity index (χ2v) is 6.51. The molecular weight excluding hydrogens is 321 g/mol. The average molecular weight is 341 g/mol. The van der Waals surface area contributed by atoms with Gasteiger partial charge in [-0.15, -0.1) is 0 Å². The van der Waals surface area contributed by atoms with Gasteiger partial charge in [0.2, 0.25) is 5.91 Å². The van der Waals surface area contributed by atoms with E-state index in [0.717, 1.165) is 12.0 Å². The molecule has 0 aromatic heterocycles. The van der Waals surface area contributed by atoms with E-state index in [1.807, 2.05) is 13.0 Å². The predicted octanol–water partition coefficient (Wildman–Crippen LogP) is 3.51. The summed E-state index contributed by atoms with van der Waals surface area (Å²) in [5.74, 6) is -1.36. The Kier molecular flexibility index (Phi) is 4.83. The van der Waals surface area contributed by atoms with Crippen LogP contribution in [0, 0.1) is 11.7 Å². The van der Waals surface area contributed by atoms with E-state index in [4.69, 9.17) is 0 Å². The van der Waals surface area contributed by atoms with Crippen LogP contribution in [0.15, 0.2) is 42.5 Å². The molecule has 1 amide bonds. The monoisotopic (exact) mass is 341 g/mol. The second kappa shape index (κ2) is 7.05. The van der Waals surface area contributed by atoms with Crippen LogP contribution in [0.5, 0.6) is 0 Å². The minimum absolute atomic E-state index is 0.0175. The molecule has 0 radical (unpaired) electrons. The Morgan fingerprint density at radius 2 is 1.96 bits per heavy atom. The molecule has 130 valence electrons. The summed E-state index contributed by atoms with van der Waals surface area (Å²) in [4.78, 5) is 23.8. The first-order valence-corrected chi connectivity index (χ1v) is 8.35. The summed E-state index contributed by atoms with van der Waals surface area (Å²) < 4.78 is 14.0. The van der Waals surface area contributed by atoms with Crippen LogP contribution in [-0.4, -0.2) is 17.0 Å². The van der Waals surface area contributed by atoms with E-state index in [1.54, 1.807) is 24.3 Å². The lowest BCUT2D eigenvalue weighted by atomic mass is 9.80. The van der Waals surface area contributed by atoms with E-state index in [1.165, 1.54) is 12.1 Å². The fraction of sp³-hybridized carbons (Fsp3) is 0.300. The minimum atomic E-state index is -1.05. The summed E-state index contributed by atoms with van der Waals surface area (Å²) in [6.07, 6.45) is 1.44. The van der Waals surface area contributed by atoms with Crippen LogP contribution in [0.4, 0.5) is 4.39 Å². The fourth-order valence-corrected chi connectivity index (χ4v) is 3.48. The highest BCUT2D eigenvalue weighted by atomic mass is 19.1. The Bertz CT molecular complexity index is 818. The summed E-state index contributed by atoms with van der Waals surface area (Å²) in [7, 11) is 0. The molecule has 0 bridgehead atoms. The van der Waals surface area contributed by atoms with E-state index >= 15 is 0 Å². The van der Waals surface area contributed by atoms with Crippen LogP contribution in [0.3, 0.4) is 0 Å². The largest absolute Gasteiger partial charge is 0.478 e. The van der Waals surface area contributed by atoms with E-state index in [2.05, 4.69) is 5.32 Å². The number of carboxylic acid groups (broad SMARTS) is 1. The van der Waals surface area contributed by atoms with Gasteiger partial charge in [-0.1, -0.05) is 37.3 Å². The maximum Gasteiger partial charge on any atom is 0.335 e. The molecule has 0 fully saturated rings. The molecule has 2 N–H and O–H groups in total. The number of benzene rings is 2. The van der Waals surface area contributed by atoms with Crippen molar-refractivity contribution in [3.8, 4) is 0 Å². The van der Waals surface area contributed by atoms with Crippen LogP contribution >= 0.6 is 0 Å². The van der Waals surface area contributed by atoms with Crippen molar-refractivity contribution in [3.05, 3.63) is 70.5 Å². The molecule has 0 heterocycles. The number of carboxylic acids is 1. The molecule has 5 heteroatoms. The third kappa shape index (κ3) is 3.55. The normalized spacial score (nSPS) is 19.1. The molecule has 1 aliphatic carbocycles. The van der Waals surface area contributed by atoms with Gasteiger partial charge < -0.3 is 10.4 Å². The maximum absolute atomic E-state index is 14.0. The van der Waals surface area contributed by atoms with E-state index in [-0.39, 0.29) is 35.7 Å². The first-order valence-electron chi connectivity index (χ1n) is 8.35. The topological polar surface area (TPSA) is 66.4 Å². The van der Waals surface area contributed by atoms with Gasteiger partial charge in [0.1, 0.15) is 5.82 Å². The maximum atomic E-state index is 14.0. The Balaban J connectivity index is 1.80. The van der Waals surface area contributed by atoms with E-state index < -0.39 is 5.97 Å². The second-order valence-electron chi connectivity index (χ2n) is 6.51. The van der Waals surface area contributed by atoms with Gasteiger partial charge in [-0.2, -0.15) is 0 Å². The lowest BCUT2D eigenvalue weighted by molar-refractivity contribution is -0.121. The standard InChI is InChI=1S/C20H20FNO3/c1-12-9-10-15-16(7-4-8-17(15)21)19(12)22-18(23)11-13-5-2-3-6-14(13)20(24)25/h2-8,12,19H,9-11H2,1H3,(H,22,23)(H,24,25). The van der Waals surface area contributed by atoms with Crippen molar-refractivity contribution in [2.24, 2.45) is 5.92 Å². The number of hydrogen-bond donors (Lipinski definition) is 2. The smallest absolute Gasteiger partial charge is 0.335 e. The average Bonchev–Trinajstić information content (AvgIpc) is 2.58. The molecule has 2 aromatic rings. The summed E-state index contributed by atoms with van der Waals surface area (Å²) in [6.45, 7) is 2.03. The van der Waals surface area contributed by atoms with E-state index in [0.29, 0.717) is 17.5 Å². The van der Waals surface area contributed by atoms with E-state index in [9.17, 15) is 19.1 Å². The first kappa shape index (κ1) is 17.1. The van der Waals surface area contributed by atoms with Crippen LogP contribution in [0.2, 0.25) is 0 Å². The highest BCUT2D eigenvalue weighted by Gasteiger charge is 2.29. The van der Waals surface area contributed by atoms with Gasteiger partial charge >= 0.3 is 5.97 Å². The molecule has 2 unspecified atom stereocenters. The molecule has 25 heavy (non-hydrogen) atoms. The summed E-state index contributed by atoms with van der Waals surface area (Å²) in [6, 6.07) is 11.2. The fourth-order valence-electron chi connectivity index (χ4n) is 3.48. The lowest BCUT2D eigenvalue weighted by Crippen LogP contribution is -2.36. The van der Waals surface area contributed by atoms with Gasteiger partial charge in [0.15, 0.2) is 0 Å². The van der Waals surface area contributed by atoms with Gasteiger partial charge in [0.05, 0.1) is 18.0 Å². The number of halogens is 1. The third-order valence-electron chi connectivity index (χ3n) is 4.82. The van der Waals surface area contributed by atoms with Gasteiger partial charge in [-0.05, 0) is 47.6 Å². The molecule has 4 nitrogen and oxygen atoms in total. The number of nitrogens with one attached hydrogen (secondary N) is 1. The van der Waals surface area contributed by atoms with Crippen molar-refractivity contribution in [1.82, 2.24) is 5.32 Å². The molecule has 0 saturated carbocycles. The van der Waals surface area contributed by atoms with Gasteiger partial charge in [0, 0.05) is 0 Å².